The Labute approximate surface area is 98.0 Å². The average molecular weight is 235 g/mol. The molecule has 4 nitrogen and oxygen atoms in total. The lowest BCUT2D eigenvalue weighted by molar-refractivity contribution is 0.277. The molecule has 0 amide bonds. The third kappa shape index (κ3) is 2.77. The standard InChI is InChI=1S/C11H13N3OS/c1-8-2-3-12-10(4-8)13-5-11-14-9(6-15)7-16-11/h2-4,7,15H,5-6H2,1H3,(H,12,13). The van der Waals surface area contributed by atoms with Gasteiger partial charge in [0.15, 0.2) is 0 Å². The maximum absolute atomic E-state index is 8.88. The van der Waals surface area contributed by atoms with E-state index in [1.807, 2.05) is 24.4 Å². The zero-order valence-corrected chi connectivity index (χ0v) is 9.79. The van der Waals surface area contributed by atoms with Crippen LogP contribution in [0.5, 0.6) is 0 Å². The topological polar surface area (TPSA) is 58.0 Å². The van der Waals surface area contributed by atoms with Crippen molar-refractivity contribution in [3.05, 3.63) is 40.0 Å². The van der Waals surface area contributed by atoms with Crippen molar-refractivity contribution in [1.29, 1.82) is 0 Å². The number of thiazole rings is 1. The Morgan fingerprint density at radius 2 is 2.38 bits per heavy atom. The molecule has 2 rings (SSSR count). The number of pyridine rings is 1. The van der Waals surface area contributed by atoms with E-state index < -0.39 is 0 Å². The molecule has 0 bridgehead atoms. The van der Waals surface area contributed by atoms with Gasteiger partial charge in [-0.3, -0.25) is 0 Å². The smallest absolute Gasteiger partial charge is 0.126 e. The predicted octanol–water partition coefficient (Wildman–Crippen LogP) is 1.95. The molecule has 84 valence electrons. The summed E-state index contributed by atoms with van der Waals surface area (Å²) >= 11 is 1.54. The monoisotopic (exact) mass is 235 g/mol. The Balaban J connectivity index is 1.96. The fraction of sp³-hybridized carbons (Fsp3) is 0.273. The minimum Gasteiger partial charge on any atom is -0.390 e. The molecule has 2 heterocycles. The number of hydrogen-bond donors (Lipinski definition) is 2. The fourth-order valence-corrected chi connectivity index (χ4v) is 2.03. The molecule has 0 aliphatic carbocycles. The zero-order chi connectivity index (χ0) is 11.4. The third-order valence-electron chi connectivity index (χ3n) is 2.10. The lowest BCUT2D eigenvalue weighted by Crippen LogP contribution is -2.01. The van der Waals surface area contributed by atoms with E-state index in [1.54, 1.807) is 6.20 Å². The molecule has 16 heavy (non-hydrogen) atoms. The molecule has 5 heteroatoms. The van der Waals surface area contributed by atoms with Crippen LogP contribution in [-0.2, 0) is 13.2 Å². The van der Waals surface area contributed by atoms with Crippen LogP contribution >= 0.6 is 11.3 Å². The molecule has 0 radical (unpaired) electrons. The number of nitrogens with one attached hydrogen (secondary N) is 1. The molecule has 0 fully saturated rings. The van der Waals surface area contributed by atoms with E-state index in [9.17, 15) is 0 Å². The van der Waals surface area contributed by atoms with Gasteiger partial charge in [0, 0.05) is 11.6 Å². The maximum atomic E-state index is 8.88. The molecule has 0 aliphatic heterocycles. The summed E-state index contributed by atoms with van der Waals surface area (Å²) in [7, 11) is 0. The van der Waals surface area contributed by atoms with E-state index in [0.717, 1.165) is 16.5 Å². The minimum atomic E-state index is -0.000798. The molecule has 2 aromatic heterocycles. The second-order valence-corrected chi connectivity index (χ2v) is 4.41. The SMILES string of the molecule is Cc1ccnc(NCc2nc(CO)cs2)c1. The molecule has 0 saturated heterocycles. The summed E-state index contributed by atoms with van der Waals surface area (Å²) in [5.41, 5.74) is 1.90. The highest BCUT2D eigenvalue weighted by molar-refractivity contribution is 7.09. The summed E-state index contributed by atoms with van der Waals surface area (Å²) in [5.74, 6) is 0.848. The van der Waals surface area contributed by atoms with E-state index in [1.165, 1.54) is 16.9 Å². The van der Waals surface area contributed by atoms with E-state index in [-0.39, 0.29) is 6.61 Å². The number of aromatic nitrogens is 2. The van der Waals surface area contributed by atoms with Gasteiger partial charge in [0.05, 0.1) is 18.8 Å². The summed E-state index contributed by atoms with van der Waals surface area (Å²) in [6.45, 7) is 2.67. The van der Waals surface area contributed by atoms with Crippen LogP contribution in [0.4, 0.5) is 5.82 Å². The van der Waals surface area contributed by atoms with Crippen molar-refractivity contribution in [2.75, 3.05) is 5.32 Å². The highest BCUT2D eigenvalue weighted by atomic mass is 32.1. The second-order valence-electron chi connectivity index (χ2n) is 3.46. The van der Waals surface area contributed by atoms with Gasteiger partial charge in [-0.2, -0.15) is 0 Å². The number of aryl methyl sites for hydroxylation is 1. The molecule has 2 aromatic rings. The van der Waals surface area contributed by atoms with Crippen LogP contribution in [0.3, 0.4) is 0 Å². The second kappa shape index (κ2) is 5.05. The Hall–Kier alpha value is -1.46. The minimum absolute atomic E-state index is 0.000798. The van der Waals surface area contributed by atoms with Crippen LogP contribution in [-0.4, -0.2) is 15.1 Å². The molecule has 0 unspecified atom stereocenters. The van der Waals surface area contributed by atoms with Crippen molar-refractivity contribution in [3.8, 4) is 0 Å². The van der Waals surface area contributed by atoms with Crippen LogP contribution in [0.25, 0.3) is 0 Å². The van der Waals surface area contributed by atoms with Crippen LogP contribution in [0.1, 0.15) is 16.3 Å². The van der Waals surface area contributed by atoms with Gasteiger partial charge in [-0.15, -0.1) is 11.3 Å². The molecule has 0 aromatic carbocycles. The van der Waals surface area contributed by atoms with Crippen molar-refractivity contribution in [2.45, 2.75) is 20.1 Å². The molecule has 0 aliphatic rings. The molecule has 0 spiro atoms. The van der Waals surface area contributed by atoms with Gasteiger partial charge in [0.2, 0.25) is 0 Å². The van der Waals surface area contributed by atoms with Crippen LogP contribution in [0, 0.1) is 6.92 Å². The van der Waals surface area contributed by atoms with Gasteiger partial charge in [0.25, 0.3) is 0 Å². The summed E-state index contributed by atoms with van der Waals surface area (Å²) in [5, 5.41) is 14.9. The Bertz CT molecular complexity index is 470. The van der Waals surface area contributed by atoms with E-state index in [4.69, 9.17) is 5.11 Å². The van der Waals surface area contributed by atoms with E-state index >= 15 is 0 Å². The molecule has 2 N–H and O–H groups in total. The molecular formula is C11H13N3OS. The van der Waals surface area contributed by atoms with Crippen molar-refractivity contribution >= 4 is 17.2 Å². The van der Waals surface area contributed by atoms with Gasteiger partial charge in [-0.1, -0.05) is 0 Å². The van der Waals surface area contributed by atoms with Crippen molar-refractivity contribution in [2.24, 2.45) is 0 Å². The number of hydrogen-bond acceptors (Lipinski definition) is 5. The molecular weight excluding hydrogens is 222 g/mol. The summed E-state index contributed by atoms with van der Waals surface area (Å²) < 4.78 is 0. The lowest BCUT2D eigenvalue weighted by Gasteiger charge is -2.03. The maximum Gasteiger partial charge on any atom is 0.126 e. The predicted molar refractivity (Wildman–Crippen MR) is 64.3 cm³/mol. The number of rotatable bonds is 4. The number of aliphatic hydroxyl groups is 1. The first kappa shape index (κ1) is 11.0. The Kier molecular flexibility index (Phi) is 3.48. The molecule has 0 atom stereocenters. The van der Waals surface area contributed by atoms with Crippen molar-refractivity contribution < 1.29 is 5.11 Å². The van der Waals surface area contributed by atoms with Gasteiger partial charge in [-0.05, 0) is 24.6 Å². The molecule has 0 saturated carbocycles. The highest BCUT2D eigenvalue weighted by Gasteiger charge is 2.01. The van der Waals surface area contributed by atoms with Crippen LogP contribution in [0.15, 0.2) is 23.7 Å². The van der Waals surface area contributed by atoms with Crippen LogP contribution < -0.4 is 5.32 Å². The normalized spacial score (nSPS) is 10.4. The summed E-state index contributed by atoms with van der Waals surface area (Å²) in [6, 6.07) is 3.94. The first-order chi connectivity index (χ1) is 7.78. The first-order valence-electron chi connectivity index (χ1n) is 4.98. The largest absolute Gasteiger partial charge is 0.390 e. The summed E-state index contributed by atoms with van der Waals surface area (Å²) in [4.78, 5) is 8.44. The highest BCUT2D eigenvalue weighted by Crippen LogP contribution is 2.12. The van der Waals surface area contributed by atoms with Gasteiger partial charge >= 0.3 is 0 Å². The Morgan fingerprint density at radius 1 is 1.50 bits per heavy atom. The van der Waals surface area contributed by atoms with Gasteiger partial charge in [0.1, 0.15) is 10.8 Å². The van der Waals surface area contributed by atoms with Gasteiger partial charge < -0.3 is 10.4 Å². The quantitative estimate of drug-likeness (QED) is 0.850. The van der Waals surface area contributed by atoms with Gasteiger partial charge in [-0.25, -0.2) is 9.97 Å². The van der Waals surface area contributed by atoms with E-state index in [0.29, 0.717) is 6.54 Å². The Morgan fingerprint density at radius 3 is 3.06 bits per heavy atom. The van der Waals surface area contributed by atoms with Crippen molar-refractivity contribution in [3.63, 3.8) is 0 Å². The number of nitrogens with zero attached hydrogens (tertiary/aromatic N) is 2. The number of anilines is 1. The fourth-order valence-electron chi connectivity index (χ4n) is 1.30. The number of aliphatic hydroxyl groups excluding tert-OH is 1. The summed E-state index contributed by atoms with van der Waals surface area (Å²) in [6.07, 6.45) is 1.78. The third-order valence-corrected chi connectivity index (χ3v) is 3.00. The van der Waals surface area contributed by atoms with Crippen molar-refractivity contribution in [1.82, 2.24) is 9.97 Å². The lowest BCUT2D eigenvalue weighted by atomic mass is 10.3. The van der Waals surface area contributed by atoms with E-state index in [2.05, 4.69) is 15.3 Å². The average Bonchev–Trinajstić information content (AvgIpc) is 2.74. The zero-order valence-electron chi connectivity index (χ0n) is 8.97. The van der Waals surface area contributed by atoms with Crippen LogP contribution in [0.2, 0.25) is 0 Å². The first-order valence-corrected chi connectivity index (χ1v) is 5.86.